The SMILES string of the molecule is Cc1cccc(-c2c(C(=O)Nc3ccccc3C)c(=O)cc(C)n2Cc2cccnc2)c1. The Balaban J connectivity index is 1.92. The number of aryl methyl sites for hydroxylation is 3. The smallest absolute Gasteiger partial charge is 0.261 e. The Hall–Kier alpha value is -3.99. The first kappa shape index (κ1) is 21.2. The molecule has 0 unspecified atom stereocenters. The van der Waals surface area contributed by atoms with Gasteiger partial charge in [0.2, 0.25) is 0 Å². The van der Waals surface area contributed by atoms with E-state index >= 15 is 0 Å². The van der Waals surface area contributed by atoms with Gasteiger partial charge in [-0.2, -0.15) is 0 Å². The number of benzene rings is 2. The van der Waals surface area contributed by atoms with Crippen LogP contribution in [0.15, 0.2) is 83.9 Å². The fourth-order valence-electron chi connectivity index (χ4n) is 3.86. The lowest BCUT2D eigenvalue weighted by atomic mass is 10.0. The molecule has 0 atom stereocenters. The van der Waals surface area contributed by atoms with Gasteiger partial charge in [-0.05, 0) is 55.7 Å². The second kappa shape index (κ2) is 9.02. The predicted molar refractivity (Wildman–Crippen MR) is 128 cm³/mol. The lowest BCUT2D eigenvalue weighted by Crippen LogP contribution is -2.27. The van der Waals surface area contributed by atoms with E-state index in [1.54, 1.807) is 12.4 Å². The number of amides is 1. The summed E-state index contributed by atoms with van der Waals surface area (Å²) in [4.78, 5) is 30.8. The van der Waals surface area contributed by atoms with Gasteiger partial charge in [0.15, 0.2) is 5.43 Å². The lowest BCUT2D eigenvalue weighted by molar-refractivity contribution is 0.102. The summed E-state index contributed by atoms with van der Waals surface area (Å²) in [6, 6.07) is 20.8. The maximum Gasteiger partial charge on any atom is 0.261 e. The number of hydrogen-bond donors (Lipinski definition) is 1. The Kier molecular flexibility index (Phi) is 5.99. The highest BCUT2D eigenvalue weighted by atomic mass is 16.2. The molecule has 2 heterocycles. The summed E-state index contributed by atoms with van der Waals surface area (Å²) in [5, 5.41) is 2.94. The summed E-state index contributed by atoms with van der Waals surface area (Å²) >= 11 is 0. The zero-order valence-corrected chi connectivity index (χ0v) is 18.4. The van der Waals surface area contributed by atoms with Gasteiger partial charge < -0.3 is 9.88 Å². The Morgan fingerprint density at radius 3 is 2.50 bits per heavy atom. The van der Waals surface area contributed by atoms with Gasteiger partial charge in [-0.25, -0.2) is 0 Å². The largest absolute Gasteiger partial charge is 0.340 e. The molecule has 0 bridgehead atoms. The van der Waals surface area contributed by atoms with Crippen molar-refractivity contribution in [3.63, 3.8) is 0 Å². The number of carbonyl (C=O) groups excluding carboxylic acids is 1. The van der Waals surface area contributed by atoms with Gasteiger partial charge in [0.25, 0.3) is 5.91 Å². The van der Waals surface area contributed by atoms with E-state index in [1.807, 2.05) is 86.0 Å². The molecule has 0 spiro atoms. The number of nitrogens with one attached hydrogen (secondary N) is 1. The first-order valence-electron chi connectivity index (χ1n) is 10.5. The van der Waals surface area contributed by atoms with Crippen LogP contribution < -0.4 is 10.7 Å². The number of hydrogen-bond acceptors (Lipinski definition) is 3. The monoisotopic (exact) mass is 423 g/mol. The second-order valence-corrected chi connectivity index (χ2v) is 7.96. The van der Waals surface area contributed by atoms with Gasteiger partial charge >= 0.3 is 0 Å². The first-order chi connectivity index (χ1) is 15.4. The fraction of sp³-hybridized carbons (Fsp3) is 0.148. The Bertz CT molecular complexity index is 1340. The van der Waals surface area contributed by atoms with Crippen LogP contribution in [0.1, 0.15) is 32.7 Å². The third kappa shape index (κ3) is 4.37. The Morgan fingerprint density at radius 1 is 0.969 bits per heavy atom. The second-order valence-electron chi connectivity index (χ2n) is 7.96. The van der Waals surface area contributed by atoms with Crippen LogP contribution in [0.3, 0.4) is 0 Å². The Labute approximate surface area is 187 Å². The molecule has 1 amide bonds. The summed E-state index contributed by atoms with van der Waals surface area (Å²) in [6.45, 7) is 6.30. The molecule has 0 fully saturated rings. The van der Waals surface area contributed by atoms with E-state index in [0.717, 1.165) is 27.9 Å². The van der Waals surface area contributed by atoms with E-state index in [2.05, 4.69) is 10.3 Å². The number of pyridine rings is 2. The van der Waals surface area contributed by atoms with Gasteiger partial charge in [-0.1, -0.05) is 48.0 Å². The predicted octanol–water partition coefficient (Wildman–Crippen LogP) is 5.14. The molecule has 0 aliphatic heterocycles. The summed E-state index contributed by atoms with van der Waals surface area (Å²) in [7, 11) is 0. The van der Waals surface area contributed by atoms with Gasteiger partial charge in [-0.15, -0.1) is 0 Å². The molecular formula is C27H25N3O2. The van der Waals surface area contributed by atoms with E-state index in [9.17, 15) is 9.59 Å². The molecule has 5 heteroatoms. The zero-order valence-electron chi connectivity index (χ0n) is 18.4. The van der Waals surface area contributed by atoms with Gasteiger partial charge in [-0.3, -0.25) is 14.6 Å². The summed E-state index contributed by atoms with van der Waals surface area (Å²) in [5.41, 5.74) is 5.70. The molecule has 2 aromatic carbocycles. The van der Waals surface area contributed by atoms with Gasteiger partial charge in [0.1, 0.15) is 5.56 Å². The molecule has 160 valence electrons. The summed E-state index contributed by atoms with van der Waals surface area (Å²) in [5.74, 6) is -0.416. The topological polar surface area (TPSA) is 64.0 Å². The lowest BCUT2D eigenvalue weighted by Gasteiger charge is -2.21. The quantitative estimate of drug-likeness (QED) is 0.484. The van der Waals surface area contributed by atoms with Gasteiger partial charge in [0.05, 0.1) is 5.69 Å². The van der Waals surface area contributed by atoms with Crippen LogP contribution in [0.25, 0.3) is 11.3 Å². The molecule has 4 rings (SSSR count). The van der Waals surface area contributed by atoms with Gasteiger partial charge in [0, 0.05) is 36.4 Å². The average molecular weight is 424 g/mol. The highest BCUT2D eigenvalue weighted by molar-refractivity contribution is 6.08. The van der Waals surface area contributed by atoms with E-state index < -0.39 is 5.91 Å². The van der Waals surface area contributed by atoms with Crippen molar-refractivity contribution in [3.8, 4) is 11.3 Å². The minimum absolute atomic E-state index is 0.133. The number of anilines is 1. The molecule has 0 aliphatic rings. The summed E-state index contributed by atoms with van der Waals surface area (Å²) in [6.07, 6.45) is 3.52. The molecule has 0 aliphatic carbocycles. The first-order valence-corrected chi connectivity index (χ1v) is 10.5. The van der Waals surface area contributed by atoms with Crippen molar-refractivity contribution >= 4 is 11.6 Å². The normalized spacial score (nSPS) is 10.7. The molecule has 4 aromatic rings. The molecule has 0 radical (unpaired) electrons. The maximum absolute atomic E-state index is 13.4. The minimum atomic E-state index is -0.416. The highest BCUT2D eigenvalue weighted by Gasteiger charge is 2.22. The van der Waals surface area contributed by atoms with E-state index in [1.165, 1.54) is 6.07 Å². The van der Waals surface area contributed by atoms with Crippen LogP contribution in [0.5, 0.6) is 0 Å². The molecule has 1 N–H and O–H groups in total. The van der Waals surface area contributed by atoms with Crippen molar-refractivity contribution in [1.29, 1.82) is 0 Å². The van der Waals surface area contributed by atoms with Crippen LogP contribution in [0.4, 0.5) is 5.69 Å². The van der Waals surface area contributed by atoms with Crippen molar-refractivity contribution in [3.05, 3.63) is 117 Å². The van der Waals surface area contributed by atoms with Crippen molar-refractivity contribution in [2.75, 3.05) is 5.32 Å². The molecule has 0 saturated heterocycles. The zero-order chi connectivity index (χ0) is 22.7. The maximum atomic E-state index is 13.4. The van der Waals surface area contributed by atoms with Crippen molar-refractivity contribution in [1.82, 2.24) is 9.55 Å². The van der Waals surface area contributed by atoms with Crippen LogP contribution in [-0.2, 0) is 6.54 Å². The standard InChI is InChI=1S/C27H25N3O2/c1-18-8-6-11-22(14-18)26-25(27(32)29-23-12-5-4-9-19(23)2)24(31)15-20(3)30(26)17-21-10-7-13-28-16-21/h4-16H,17H2,1-3H3,(H,29,32). The molecule has 2 aromatic heterocycles. The molecule has 0 saturated carbocycles. The van der Waals surface area contributed by atoms with Crippen LogP contribution in [0, 0.1) is 20.8 Å². The molecule has 5 nitrogen and oxygen atoms in total. The third-order valence-electron chi connectivity index (χ3n) is 5.49. The summed E-state index contributed by atoms with van der Waals surface area (Å²) < 4.78 is 2.01. The Morgan fingerprint density at radius 2 is 1.78 bits per heavy atom. The van der Waals surface area contributed by atoms with Crippen molar-refractivity contribution < 1.29 is 4.79 Å². The van der Waals surface area contributed by atoms with E-state index in [4.69, 9.17) is 0 Å². The van der Waals surface area contributed by atoms with E-state index in [0.29, 0.717) is 17.9 Å². The number of nitrogens with zero attached hydrogens (tertiary/aromatic N) is 2. The van der Waals surface area contributed by atoms with Crippen LogP contribution >= 0.6 is 0 Å². The number of para-hydroxylation sites is 1. The van der Waals surface area contributed by atoms with Crippen molar-refractivity contribution in [2.24, 2.45) is 0 Å². The van der Waals surface area contributed by atoms with Crippen molar-refractivity contribution in [2.45, 2.75) is 27.3 Å². The van der Waals surface area contributed by atoms with Crippen LogP contribution in [-0.4, -0.2) is 15.5 Å². The molecule has 32 heavy (non-hydrogen) atoms. The number of rotatable bonds is 5. The minimum Gasteiger partial charge on any atom is -0.340 e. The van der Waals surface area contributed by atoms with Crippen LogP contribution in [0.2, 0.25) is 0 Å². The van der Waals surface area contributed by atoms with E-state index in [-0.39, 0.29) is 11.0 Å². The fourth-order valence-corrected chi connectivity index (χ4v) is 3.86. The molecular weight excluding hydrogens is 398 g/mol. The average Bonchev–Trinajstić information content (AvgIpc) is 2.77. The number of aromatic nitrogens is 2. The highest BCUT2D eigenvalue weighted by Crippen LogP contribution is 2.26. The third-order valence-corrected chi connectivity index (χ3v) is 5.49. The number of carbonyl (C=O) groups is 1.